The summed E-state index contributed by atoms with van der Waals surface area (Å²) >= 11 is 0. The Hall–Kier alpha value is -1.59. The van der Waals surface area contributed by atoms with Crippen molar-refractivity contribution in [3.8, 4) is 5.75 Å². The highest BCUT2D eigenvalue weighted by molar-refractivity contribution is 5.75. The molecule has 6 heteroatoms. The van der Waals surface area contributed by atoms with Gasteiger partial charge in [-0.1, -0.05) is 13.3 Å². The van der Waals surface area contributed by atoms with Crippen LogP contribution in [0.4, 0.5) is 13.2 Å². The van der Waals surface area contributed by atoms with Crippen LogP contribution in [-0.4, -0.2) is 11.0 Å². The largest absolute Gasteiger partial charge is 0.421 e. The van der Waals surface area contributed by atoms with Crippen LogP contribution in [0.5, 0.6) is 5.75 Å². The highest BCUT2D eigenvalue weighted by Gasteiger charge is 2.28. The number of nitrogens with zero attached hydrogens (tertiary/aromatic N) is 1. The van der Waals surface area contributed by atoms with Crippen LogP contribution >= 0.6 is 0 Å². The molecule has 0 radical (unpaired) electrons. The lowest BCUT2D eigenvalue weighted by molar-refractivity contribution is -0.140. The van der Waals surface area contributed by atoms with Crippen LogP contribution in [0.2, 0.25) is 0 Å². The Morgan fingerprint density at radius 1 is 1.25 bits per heavy atom. The zero-order chi connectivity index (χ0) is 14.7. The van der Waals surface area contributed by atoms with Gasteiger partial charge in [0.15, 0.2) is 11.6 Å². The normalized spacial score (nSPS) is 22.6. The van der Waals surface area contributed by atoms with Crippen molar-refractivity contribution in [3.63, 3.8) is 0 Å². The van der Waals surface area contributed by atoms with Crippen LogP contribution in [0.3, 0.4) is 0 Å². The van der Waals surface area contributed by atoms with Crippen LogP contribution in [0, 0.1) is 29.5 Å². The fourth-order valence-corrected chi connectivity index (χ4v) is 2.50. The van der Waals surface area contributed by atoms with Gasteiger partial charge in [-0.15, -0.1) is 0 Å². The first-order valence-electron chi connectivity index (χ1n) is 6.74. The lowest BCUT2D eigenvalue weighted by Gasteiger charge is -2.26. The Labute approximate surface area is 115 Å². The van der Waals surface area contributed by atoms with E-state index in [0.717, 1.165) is 19.3 Å². The first-order chi connectivity index (χ1) is 9.51. The molecule has 1 aliphatic rings. The number of hydrogen-bond donors (Lipinski definition) is 0. The van der Waals surface area contributed by atoms with E-state index in [1.807, 2.05) is 0 Å². The summed E-state index contributed by atoms with van der Waals surface area (Å²) in [6.45, 7) is 2.10. The van der Waals surface area contributed by atoms with Crippen molar-refractivity contribution in [2.75, 3.05) is 0 Å². The number of pyridine rings is 1. The standard InChI is InChI=1S/C14H16F3NO2/c1-2-8-3-5-9(6-4-8)14(19)20-11-7-10(15)12(16)18-13(11)17/h7-9H,2-6H2,1H3/t8-,9-. The van der Waals surface area contributed by atoms with Gasteiger partial charge in [0.05, 0.1) is 5.92 Å². The number of carbonyl (C=O) groups is 1. The van der Waals surface area contributed by atoms with Crippen molar-refractivity contribution in [3.05, 3.63) is 23.8 Å². The molecule has 1 aromatic rings. The van der Waals surface area contributed by atoms with Crippen LogP contribution in [0.15, 0.2) is 6.07 Å². The number of aromatic nitrogens is 1. The monoisotopic (exact) mass is 287 g/mol. The number of rotatable bonds is 3. The Bertz CT molecular complexity index is 499. The molecule has 1 saturated carbocycles. The summed E-state index contributed by atoms with van der Waals surface area (Å²) in [6.07, 6.45) is 4.28. The molecule has 0 N–H and O–H groups in total. The van der Waals surface area contributed by atoms with Crippen LogP contribution in [0.1, 0.15) is 39.0 Å². The summed E-state index contributed by atoms with van der Waals surface area (Å²) in [5.41, 5.74) is 0. The van der Waals surface area contributed by atoms with Crippen LogP contribution in [-0.2, 0) is 4.79 Å². The van der Waals surface area contributed by atoms with Crippen molar-refractivity contribution in [1.29, 1.82) is 0 Å². The molecule has 0 bridgehead atoms. The molecule has 0 saturated heterocycles. The Morgan fingerprint density at radius 3 is 2.50 bits per heavy atom. The predicted octanol–water partition coefficient (Wildman–Crippen LogP) is 3.62. The average Bonchev–Trinajstić information content (AvgIpc) is 2.44. The summed E-state index contributed by atoms with van der Waals surface area (Å²) in [7, 11) is 0. The van der Waals surface area contributed by atoms with Crippen molar-refractivity contribution >= 4 is 5.97 Å². The molecule has 20 heavy (non-hydrogen) atoms. The molecular weight excluding hydrogens is 271 g/mol. The van der Waals surface area contributed by atoms with Crippen LogP contribution < -0.4 is 4.74 Å². The molecule has 0 aromatic carbocycles. The van der Waals surface area contributed by atoms with Crippen molar-refractivity contribution in [2.24, 2.45) is 11.8 Å². The third-order valence-electron chi connectivity index (χ3n) is 3.82. The Kier molecular flexibility index (Phi) is 4.62. The summed E-state index contributed by atoms with van der Waals surface area (Å²) in [4.78, 5) is 14.6. The summed E-state index contributed by atoms with van der Waals surface area (Å²) in [6, 6.07) is 0.507. The molecule has 1 aliphatic carbocycles. The van der Waals surface area contributed by atoms with E-state index in [1.165, 1.54) is 0 Å². The second-order valence-electron chi connectivity index (χ2n) is 5.10. The van der Waals surface area contributed by atoms with Gasteiger partial charge in [0.1, 0.15) is 0 Å². The highest BCUT2D eigenvalue weighted by Crippen LogP contribution is 2.32. The minimum absolute atomic E-state index is 0.315. The topological polar surface area (TPSA) is 39.2 Å². The first-order valence-corrected chi connectivity index (χ1v) is 6.74. The van der Waals surface area contributed by atoms with Gasteiger partial charge in [0, 0.05) is 6.07 Å². The second-order valence-corrected chi connectivity index (χ2v) is 5.10. The van der Waals surface area contributed by atoms with Crippen LogP contribution in [0.25, 0.3) is 0 Å². The lowest BCUT2D eigenvalue weighted by Crippen LogP contribution is -2.26. The minimum Gasteiger partial charge on any atom is -0.421 e. The van der Waals surface area contributed by atoms with Crippen molar-refractivity contribution in [1.82, 2.24) is 4.98 Å². The third kappa shape index (κ3) is 3.29. The number of halogens is 3. The molecule has 0 amide bonds. The number of hydrogen-bond acceptors (Lipinski definition) is 3. The molecule has 0 aliphatic heterocycles. The van der Waals surface area contributed by atoms with E-state index in [9.17, 15) is 18.0 Å². The van der Waals surface area contributed by atoms with Crippen molar-refractivity contribution in [2.45, 2.75) is 39.0 Å². The number of esters is 1. The quantitative estimate of drug-likeness (QED) is 0.629. The maximum Gasteiger partial charge on any atom is 0.314 e. The van der Waals surface area contributed by atoms with Gasteiger partial charge in [-0.25, -0.2) is 4.39 Å². The molecule has 110 valence electrons. The van der Waals surface area contributed by atoms with E-state index in [0.29, 0.717) is 24.8 Å². The summed E-state index contributed by atoms with van der Waals surface area (Å²) in [5.74, 6) is -5.18. The van der Waals surface area contributed by atoms with Gasteiger partial charge < -0.3 is 4.74 Å². The summed E-state index contributed by atoms with van der Waals surface area (Å²) < 4.78 is 43.7. The lowest BCUT2D eigenvalue weighted by atomic mass is 9.81. The van der Waals surface area contributed by atoms with Crippen molar-refractivity contribution < 1.29 is 22.7 Å². The molecule has 0 unspecified atom stereocenters. The molecular formula is C14H16F3NO2. The van der Waals surface area contributed by atoms with Gasteiger partial charge in [-0.05, 0) is 31.6 Å². The predicted molar refractivity (Wildman–Crippen MR) is 65.5 cm³/mol. The van der Waals surface area contributed by atoms with E-state index in [-0.39, 0.29) is 5.92 Å². The van der Waals surface area contributed by atoms with E-state index >= 15 is 0 Å². The average molecular weight is 287 g/mol. The number of ether oxygens (including phenoxy) is 1. The van der Waals surface area contributed by atoms with E-state index < -0.39 is 29.4 Å². The molecule has 0 spiro atoms. The molecule has 1 heterocycles. The molecule has 2 rings (SSSR count). The smallest absolute Gasteiger partial charge is 0.314 e. The molecule has 3 nitrogen and oxygen atoms in total. The highest BCUT2D eigenvalue weighted by atomic mass is 19.2. The Balaban J connectivity index is 2.00. The van der Waals surface area contributed by atoms with E-state index in [4.69, 9.17) is 4.74 Å². The second kappa shape index (κ2) is 6.24. The summed E-state index contributed by atoms with van der Waals surface area (Å²) in [5, 5.41) is 0. The van der Waals surface area contributed by atoms with Gasteiger partial charge in [0.25, 0.3) is 11.9 Å². The fraction of sp³-hybridized carbons (Fsp3) is 0.571. The third-order valence-corrected chi connectivity index (χ3v) is 3.82. The molecule has 0 atom stereocenters. The van der Waals surface area contributed by atoms with E-state index in [2.05, 4.69) is 11.9 Å². The maximum absolute atomic E-state index is 13.3. The Morgan fingerprint density at radius 2 is 1.90 bits per heavy atom. The van der Waals surface area contributed by atoms with Gasteiger partial charge in [-0.3, -0.25) is 4.79 Å². The van der Waals surface area contributed by atoms with E-state index in [1.54, 1.807) is 0 Å². The minimum atomic E-state index is -1.55. The molecule has 1 aromatic heterocycles. The fourth-order valence-electron chi connectivity index (χ4n) is 2.50. The molecule has 1 fully saturated rings. The van der Waals surface area contributed by atoms with Gasteiger partial charge in [0.2, 0.25) is 0 Å². The number of carbonyl (C=O) groups excluding carboxylic acids is 1. The van der Waals surface area contributed by atoms with Gasteiger partial charge in [-0.2, -0.15) is 13.8 Å². The zero-order valence-corrected chi connectivity index (χ0v) is 11.2. The zero-order valence-electron chi connectivity index (χ0n) is 11.2. The van der Waals surface area contributed by atoms with Gasteiger partial charge >= 0.3 is 5.97 Å². The maximum atomic E-state index is 13.3. The first kappa shape index (κ1) is 14.8. The SMILES string of the molecule is CC[C@H]1CC[C@H](C(=O)Oc2cc(F)c(F)nc2F)CC1.